The van der Waals surface area contributed by atoms with Crippen LogP contribution in [0.3, 0.4) is 0 Å². The largest absolute Gasteiger partial charge is 0.357 e. The van der Waals surface area contributed by atoms with Crippen LogP contribution in [0.2, 0.25) is 0 Å². The summed E-state index contributed by atoms with van der Waals surface area (Å²) in [4.78, 5) is 7.07. The first-order chi connectivity index (χ1) is 10.7. The van der Waals surface area contributed by atoms with Crippen LogP contribution in [0.4, 0.5) is 0 Å². The maximum atomic E-state index is 4.61. The average Bonchev–Trinajstić information content (AvgIpc) is 2.93. The molecule has 0 aliphatic carbocycles. The lowest BCUT2D eigenvalue weighted by atomic mass is 10.3. The zero-order valence-electron chi connectivity index (χ0n) is 14.6. The number of aryl methyl sites for hydroxylation is 1. The minimum atomic E-state index is 0.644. The Morgan fingerprint density at radius 1 is 1.23 bits per heavy atom. The number of aromatic nitrogens is 2. The highest BCUT2D eigenvalue weighted by Crippen LogP contribution is 1.98. The van der Waals surface area contributed by atoms with Crippen molar-refractivity contribution < 1.29 is 0 Å². The van der Waals surface area contributed by atoms with Crippen LogP contribution in [0.25, 0.3) is 0 Å². The summed E-state index contributed by atoms with van der Waals surface area (Å²) in [5, 5.41) is 10.8. The molecule has 0 fully saturated rings. The third-order valence-corrected chi connectivity index (χ3v) is 3.75. The zero-order valence-corrected chi connectivity index (χ0v) is 14.6. The van der Waals surface area contributed by atoms with Gasteiger partial charge in [0.1, 0.15) is 0 Å². The Morgan fingerprint density at radius 3 is 2.59 bits per heavy atom. The molecule has 6 heteroatoms. The summed E-state index contributed by atoms with van der Waals surface area (Å²) < 4.78 is 1.86. The summed E-state index contributed by atoms with van der Waals surface area (Å²) in [5.74, 6) is 0.881. The van der Waals surface area contributed by atoms with Gasteiger partial charge in [0.15, 0.2) is 5.96 Å². The fraction of sp³-hybridized carbons (Fsp3) is 0.750. The number of aliphatic imine (C=N–C) groups is 1. The van der Waals surface area contributed by atoms with Gasteiger partial charge in [-0.1, -0.05) is 13.8 Å². The van der Waals surface area contributed by atoms with Crippen LogP contribution in [0, 0.1) is 0 Å². The van der Waals surface area contributed by atoms with Crippen molar-refractivity contribution in [3.63, 3.8) is 0 Å². The van der Waals surface area contributed by atoms with Gasteiger partial charge in [-0.2, -0.15) is 5.10 Å². The van der Waals surface area contributed by atoms with Gasteiger partial charge in [-0.25, -0.2) is 4.99 Å². The van der Waals surface area contributed by atoms with Gasteiger partial charge in [0, 0.05) is 26.3 Å². The minimum absolute atomic E-state index is 0.644. The number of hydrogen-bond donors (Lipinski definition) is 2. The number of rotatable bonds is 10. The molecule has 22 heavy (non-hydrogen) atoms. The second kappa shape index (κ2) is 11.1. The van der Waals surface area contributed by atoms with E-state index < -0.39 is 0 Å². The molecule has 1 rings (SSSR count). The molecule has 0 aromatic carbocycles. The molecule has 0 amide bonds. The standard InChI is InChI=1S/C16H32N6/c1-5-17-16(19-14-15-10-12-20-21(15)4)18-11-8-9-13-22(6-2)7-3/h10,12H,5-9,11,13-14H2,1-4H3,(H2,17,18,19). The Bertz CT molecular complexity index is 422. The van der Waals surface area contributed by atoms with Gasteiger partial charge in [-0.05, 0) is 45.5 Å². The fourth-order valence-corrected chi connectivity index (χ4v) is 2.27. The normalized spacial score (nSPS) is 12.0. The van der Waals surface area contributed by atoms with Crippen LogP contribution in [0.1, 0.15) is 39.3 Å². The van der Waals surface area contributed by atoms with Crippen LogP contribution in [-0.2, 0) is 13.6 Å². The lowest BCUT2D eigenvalue weighted by Crippen LogP contribution is -2.38. The first kappa shape index (κ1) is 18.5. The molecule has 0 saturated carbocycles. The second-order valence-electron chi connectivity index (χ2n) is 5.30. The average molecular weight is 308 g/mol. The maximum Gasteiger partial charge on any atom is 0.191 e. The predicted molar refractivity (Wildman–Crippen MR) is 93.0 cm³/mol. The lowest BCUT2D eigenvalue weighted by molar-refractivity contribution is 0.297. The van der Waals surface area contributed by atoms with Crippen molar-refractivity contribution in [1.29, 1.82) is 0 Å². The van der Waals surface area contributed by atoms with E-state index in [4.69, 9.17) is 0 Å². The highest BCUT2D eigenvalue weighted by Gasteiger charge is 2.01. The summed E-state index contributed by atoms with van der Waals surface area (Å²) in [6, 6.07) is 2.00. The molecule has 1 heterocycles. The third kappa shape index (κ3) is 6.93. The Hall–Kier alpha value is -1.56. The maximum absolute atomic E-state index is 4.61. The molecular formula is C16H32N6. The van der Waals surface area contributed by atoms with Gasteiger partial charge in [-0.3, -0.25) is 4.68 Å². The van der Waals surface area contributed by atoms with Crippen molar-refractivity contribution in [2.75, 3.05) is 32.7 Å². The van der Waals surface area contributed by atoms with E-state index >= 15 is 0 Å². The highest BCUT2D eigenvalue weighted by atomic mass is 15.3. The summed E-state index contributed by atoms with van der Waals surface area (Å²) >= 11 is 0. The van der Waals surface area contributed by atoms with Crippen LogP contribution >= 0.6 is 0 Å². The van der Waals surface area contributed by atoms with E-state index in [1.54, 1.807) is 6.20 Å². The van der Waals surface area contributed by atoms with E-state index in [9.17, 15) is 0 Å². The monoisotopic (exact) mass is 308 g/mol. The Balaban J connectivity index is 2.30. The highest BCUT2D eigenvalue weighted by molar-refractivity contribution is 5.79. The summed E-state index contributed by atoms with van der Waals surface area (Å²) in [5.41, 5.74) is 1.11. The van der Waals surface area contributed by atoms with E-state index in [-0.39, 0.29) is 0 Å². The van der Waals surface area contributed by atoms with E-state index in [0.29, 0.717) is 6.54 Å². The molecule has 1 aromatic heterocycles. The summed E-state index contributed by atoms with van der Waals surface area (Å²) in [6.45, 7) is 12.4. The quantitative estimate of drug-likeness (QED) is 0.392. The molecule has 0 atom stereocenters. The predicted octanol–water partition coefficient (Wildman–Crippen LogP) is 1.60. The van der Waals surface area contributed by atoms with Crippen molar-refractivity contribution in [3.8, 4) is 0 Å². The first-order valence-corrected chi connectivity index (χ1v) is 8.42. The van der Waals surface area contributed by atoms with Crippen LogP contribution in [0.5, 0.6) is 0 Å². The Morgan fingerprint density at radius 2 is 2.00 bits per heavy atom. The van der Waals surface area contributed by atoms with Crippen molar-refractivity contribution in [3.05, 3.63) is 18.0 Å². The molecule has 0 saturated heterocycles. The number of nitrogens with one attached hydrogen (secondary N) is 2. The smallest absolute Gasteiger partial charge is 0.191 e. The number of guanidine groups is 1. The molecule has 6 nitrogen and oxygen atoms in total. The minimum Gasteiger partial charge on any atom is -0.357 e. The first-order valence-electron chi connectivity index (χ1n) is 8.42. The van der Waals surface area contributed by atoms with Crippen LogP contribution in [-0.4, -0.2) is 53.4 Å². The van der Waals surface area contributed by atoms with E-state index in [0.717, 1.165) is 44.3 Å². The van der Waals surface area contributed by atoms with Crippen LogP contribution < -0.4 is 10.6 Å². The number of nitrogens with zero attached hydrogens (tertiary/aromatic N) is 4. The van der Waals surface area contributed by atoms with Crippen molar-refractivity contribution in [1.82, 2.24) is 25.3 Å². The molecular weight excluding hydrogens is 276 g/mol. The van der Waals surface area contributed by atoms with E-state index in [1.807, 2.05) is 17.8 Å². The van der Waals surface area contributed by atoms with Crippen LogP contribution in [0.15, 0.2) is 17.3 Å². The molecule has 2 N–H and O–H groups in total. The van der Waals surface area contributed by atoms with Crippen molar-refractivity contribution in [2.45, 2.75) is 40.2 Å². The second-order valence-corrected chi connectivity index (χ2v) is 5.30. The lowest BCUT2D eigenvalue weighted by Gasteiger charge is -2.18. The zero-order chi connectivity index (χ0) is 16.2. The van der Waals surface area contributed by atoms with Crippen molar-refractivity contribution in [2.24, 2.45) is 12.0 Å². The topological polar surface area (TPSA) is 57.5 Å². The summed E-state index contributed by atoms with van der Waals surface area (Å²) in [6.07, 6.45) is 4.18. The van der Waals surface area contributed by atoms with Gasteiger partial charge in [0.2, 0.25) is 0 Å². The number of hydrogen-bond acceptors (Lipinski definition) is 3. The molecule has 0 aliphatic rings. The Labute approximate surface area is 135 Å². The summed E-state index contributed by atoms with van der Waals surface area (Å²) in [7, 11) is 1.94. The number of unbranched alkanes of at least 4 members (excludes halogenated alkanes) is 1. The van der Waals surface area contributed by atoms with Gasteiger partial charge >= 0.3 is 0 Å². The van der Waals surface area contributed by atoms with Gasteiger partial charge in [0.25, 0.3) is 0 Å². The molecule has 0 aliphatic heterocycles. The molecule has 0 spiro atoms. The van der Waals surface area contributed by atoms with Crippen molar-refractivity contribution >= 4 is 5.96 Å². The molecule has 0 bridgehead atoms. The fourth-order valence-electron chi connectivity index (χ4n) is 2.27. The molecule has 126 valence electrons. The molecule has 1 aromatic rings. The van der Waals surface area contributed by atoms with Gasteiger partial charge in [-0.15, -0.1) is 0 Å². The van der Waals surface area contributed by atoms with Gasteiger partial charge < -0.3 is 15.5 Å². The molecule has 0 unspecified atom stereocenters. The van der Waals surface area contributed by atoms with E-state index in [2.05, 4.69) is 46.4 Å². The Kier molecular flexibility index (Phi) is 9.30. The van der Waals surface area contributed by atoms with Gasteiger partial charge in [0.05, 0.1) is 12.2 Å². The SMILES string of the molecule is CCNC(=NCc1ccnn1C)NCCCCN(CC)CC. The molecule has 0 radical (unpaired) electrons. The van der Waals surface area contributed by atoms with E-state index in [1.165, 1.54) is 13.0 Å². The third-order valence-electron chi connectivity index (χ3n) is 3.75.